The van der Waals surface area contributed by atoms with Crippen LogP contribution in [0.15, 0.2) is 29.6 Å². The van der Waals surface area contributed by atoms with Gasteiger partial charge >= 0.3 is 5.97 Å². The first-order valence-electron chi connectivity index (χ1n) is 9.35. The molecular formula is C19H22N4O5S. The number of nitro groups is 1. The van der Waals surface area contributed by atoms with Crippen LogP contribution < -0.4 is 5.32 Å². The number of ether oxygens (including phenoxy) is 1. The van der Waals surface area contributed by atoms with Crippen molar-refractivity contribution in [3.05, 3.63) is 39.8 Å². The number of piperidine rings is 1. The summed E-state index contributed by atoms with van der Waals surface area (Å²) < 4.78 is 5.05. The molecule has 1 amide bonds. The zero-order valence-corrected chi connectivity index (χ0v) is 16.8. The summed E-state index contributed by atoms with van der Waals surface area (Å²) in [7, 11) is 0. The minimum Gasteiger partial charge on any atom is -0.466 e. The number of hydrogen-bond acceptors (Lipinski definition) is 8. The molecule has 154 valence electrons. The van der Waals surface area contributed by atoms with Gasteiger partial charge in [-0.05, 0) is 32.9 Å². The molecule has 0 bridgehead atoms. The average molecular weight is 418 g/mol. The number of thiazole rings is 1. The normalized spacial score (nSPS) is 15.1. The molecule has 0 aliphatic carbocycles. The summed E-state index contributed by atoms with van der Waals surface area (Å²) in [4.78, 5) is 40.9. The average Bonchev–Trinajstić information content (AvgIpc) is 3.17. The molecule has 0 unspecified atom stereocenters. The maximum absolute atomic E-state index is 12.3. The van der Waals surface area contributed by atoms with E-state index in [-0.39, 0.29) is 30.0 Å². The molecule has 2 aromatic rings. The molecule has 1 fully saturated rings. The zero-order valence-electron chi connectivity index (χ0n) is 16.0. The molecule has 1 N–H and O–H groups in total. The first kappa shape index (κ1) is 20.9. The SMILES string of the molecule is CCOC(=O)C1CCN(CC(=O)Nc2nc(-c3cccc([N+](=O)[O-])c3)cs2)CC1. The lowest BCUT2D eigenvalue weighted by molar-refractivity contribution is -0.384. The Kier molecular flexibility index (Phi) is 6.89. The second-order valence-electron chi connectivity index (χ2n) is 6.70. The number of anilines is 1. The molecule has 2 heterocycles. The molecule has 1 aliphatic heterocycles. The number of esters is 1. The number of aromatic nitrogens is 1. The number of carbonyl (C=O) groups is 2. The summed E-state index contributed by atoms with van der Waals surface area (Å²) >= 11 is 1.27. The van der Waals surface area contributed by atoms with Crippen LogP contribution >= 0.6 is 11.3 Å². The van der Waals surface area contributed by atoms with E-state index < -0.39 is 4.92 Å². The van der Waals surface area contributed by atoms with Gasteiger partial charge in [0.2, 0.25) is 5.91 Å². The molecule has 0 saturated carbocycles. The van der Waals surface area contributed by atoms with Crippen LogP contribution in [-0.2, 0) is 14.3 Å². The van der Waals surface area contributed by atoms with E-state index in [1.54, 1.807) is 24.4 Å². The number of amides is 1. The first-order valence-corrected chi connectivity index (χ1v) is 10.2. The fourth-order valence-electron chi connectivity index (χ4n) is 3.19. The van der Waals surface area contributed by atoms with Crippen molar-refractivity contribution < 1.29 is 19.2 Å². The van der Waals surface area contributed by atoms with Crippen LogP contribution in [0.5, 0.6) is 0 Å². The first-order chi connectivity index (χ1) is 14.0. The third-order valence-corrected chi connectivity index (χ3v) is 5.44. The fourth-order valence-corrected chi connectivity index (χ4v) is 3.93. The van der Waals surface area contributed by atoms with Crippen molar-refractivity contribution in [1.82, 2.24) is 9.88 Å². The number of likely N-dealkylation sites (tertiary alicyclic amines) is 1. The Morgan fingerprint density at radius 1 is 1.38 bits per heavy atom. The Balaban J connectivity index is 1.52. The van der Waals surface area contributed by atoms with E-state index >= 15 is 0 Å². The van der Waals surface area contributed by atoms with Crippen molar-refractivity contribution in [2.45, 2.75) is 19.8 Å². The predicted octanol–water partition coefficient (Wildman–Crippen LogP) is 2.93. The summed E-state index contributed by atoms with van der Waals surface area (Å²) in [5.74, 6) is -0.432. The summed E-state index contributed by atoms with van der Waals surface area (Å²) in [5.41, 5.74) is 1.19. The van der Waals surface area contributed by atoms with Crippen molar-refractivity contribution in [1.29, 1.82) is 0 Å². The van der Waals surface area contributed by atoms with Crippen molar-refractivity contribution in [2.24, 2.45) is 5.92 Å². The van der Waals surface area contributed by atoms with Crippen molar-refractivity contribution >= 4 is 34.0 Å². The molecule has 29 heavy (non-hydrogen) atoms. The molecular weight excluding hydrogens is 396 g/mol. The van der Waals surface area contributed by atoms with Crippen LogP contribution in [-0.4, -0.2) is 52.9 Å². The highest BCUT2D eigenvalue weighted by Crippen LogP contribution is 2.27. The molecule has 0 spiro atoms. The Bertz CT molecular complexity index is 892. The van der Waals surface area contributed by atoms with Gasteiger partial charge < -0.3 is 10.1 Å². The van der Waals surface area contributed by atoms with Gasteiger partial charge in [0.1, 0.15) is 0 Å². The second-order valence-corrected chi connectivity index (χ2v) is 7.55. The largest absolute Gasteiger partial charge is 0.466 e. The van der Waals surface area contributed by atoms with Gasteiger partial charge in [0.05, 0.1) is 29.7 Å². The Labute approximate surface area is 171 Å². The molecule has 1 aromatic heterocycles. The second kappa shape index (κ2) is 9.57. The van der Waals surface area contributed by atoms with Crippen molar-refractivity contribution in [3.63, 3.8) is 0 Å². The van der Waals surface area contributed by atoms with E-state index in [9.17, 15) is 19.7 Å². The lowest BCUT2D eigenvalue weighted by Crippen LogP contribution is -2.41. The molecule has 3 rings (SSSR count). The maximum atomic E-state index is 12.3. The minimum absolute atomic E-state index is 0.00712. The molecule has 10 heteroatoms. The van der Waals surface area contributed by atoms with E-state index in [0.29, 0.717) is 48.9 Å². The predicted molar refractivity (Wildman–Crippen MR) is 109 cm³/mol. The number of rotatable bonds is 7. The standard InChI is InChI=1S/C19H22N4O5S/c1-2-28-18(25)13-6-8-22(9-7-13)11-17(24)21-19-20-16(12-29-19)14-4-3-5-15(10-14)23(26)27/h3-5,10,12-13H,2,6-9,11H2,1H3,(H,20,21,24). The summed E-state index contributed by atoms with van der Waals surface area (Å²) in [6.07, 6.45) is 1.36. The van der Waals surface area contributed by atoms with Crippen molar-refractivity contribution in [2.75, 3.05) is 31.6 Å². The molecule has 1 aliphatic rings. The van der Waals surface area contributed by atoms with E-state index in [0.717, 1.165) is 0 Å². The quantitative estimate of drug-likeness (QED) is 0.418. The number of nitrogens with one attached hydrogen (secondary N) is 1. The van der Waals surface area contributed by atoms with Gasteiger partial charge in [0, 0.05) is 23.1 Å². The van der Waals surface area contributed by atoms with Crippen LogP contribution in [0.3, 0.4) is 0 Å². The van der Waals surface area contributed by atoms with Gasteiger partial charge in [-0.3, -0.25) is 24.6 Å². The van der Waals surface area contributed by atoms with Gasteiger partial charge in [0.15, 0.2) is 5.13 Å². The number of benzene rings is 1. The summed E-state index contributed by atoms with van der Waals surface area (Å²) in [6.45, 7) is 3.72. The van der Waals surface area contributed by atoms with Gasteiger partial charge in [0.25, 0.3) is 5.69 Å². The van der Waals surface area contributed by atoms with E-state index in [1.807, 2.05) is 4.90 Å². The highest BCUT2D eigenvalue weighted by atomic mass is 32.1. The van der Waals surface area contributed by atoms with Crippen LogP contribution in [0, 0.1) is 16.0 Å². The number of nitrogens with zero attached hydrogens (tertiary/aromatic N) is 3. The number of non-ortho nitro benzene ring substituents is 1. The van der Waals surface area contributed by atoms with Gasteiger partial charge in [-0.1, -0.05) is 12.1 Å². The highest BCUT2D eigenvalue weighted by Gasteiger charge is 2.26. The monoisotopic (exact) mass is 418 g/mol. The third-order valence-electron chi connectivity index (χ3n) is 4.68. The number of nitro benzene ring substituents is 1. The van der Waals surface area contributed by atoms with Gasteiger partial charge in [-0.2, -0.15) is 0 Å². The van der Waals surface area contributed by atoms with E-state index in [4.69, 9.17) is 4.74 Å². The Hall–Kier alpha value is -2.85. The lowest BCUT2D eigenvalue weighted by atomic mass is 9.97. The summed E-state index contributed by atoms with van der Waals surface area (Å²) in [5, 5.41) is 15.9. The number of hydrogen-bond donors (Lipinski definition) is 1. The van der Waals surface area contributed by atoms with Crippen molar-refractivity contribution in [3.8, 4) is 11.3 Å². The van der Waals surface area contributed by atoms with Gasteiger partial charge in [-0.15, -0.1) is 11.3 Å². The minimum atomic E-state index is -0.455. The van der Waals surface area contributed by atoms with E-state index in [2.05, 4.69) is 10.3 Å². The molecule has 0 radical (unpaired) electrons. The fraction of sp³-hybridized carbons (Fsp3) is 0.421. The Morgan fingerprint density at radius 3 is 2.83 bits per heavy atom. The summed E-state index contributed by atoms with van der Waals surface area (Å²) in [6, 6.07) is 6.21. The molecule has 1 aromatic carbocycles. The Morgan fingerprint density at radius 2 is 2.14 bits per heavy atom. The van der Waals surface area contributed by atoms with Crippen LogP contribution in [0.2, 0.25) is 0 Å². The van der Waals surface area contributed by atoms with Crippen LogP contribution in [0.1, 0.15) is 19.8 Å². The van der Waals surface area contributed by atoms with Crippen LogP contribution in [0.25, 0.3) is 11.3 Å². The third kappa shape index (κ3) is 5.58. The van der Waals surface area contributed by atoms with E-state index in [1.165, 1.54) is 23.5 Å². The topological polar surface area (TPSA) is 115 Å². The van der Waals surface area contributed by atoms with Gasteiger partial charge in [-0.25, -0.2) is 4.98 Å². The molecule has 0 atom stereocenters. The highest BCUT2D eigenvalue weighted by molar-refractivity contribution is 7.14. The lowest BCUT2D eigenvalue weighted by Gasteiger charge is -2.30. The smallest absolute Gasteiger partial charge is 0.309 e. The molecule has 9 nitrogen and oxygen atoms in total. The number of carbonyl (C=O) groups excluding carboxylic acids is 2. The zero-order chi connectivity index (χ0) is 20.8. The maximum Gasteiger partial charge on any atom is 0.309 e. The molecule has 1 saturated heterocycles. The van der Waals surface area contributed by atoms with Crippen LogP contribution in [0.4, 0.5) is 10.8 Å².